The van der Waals surface area contributed by atoms with Crippen molar-refractivity contribution >= 4 is 52.7 Å². The molecule has 3 aromatic heterocycles. The summed E-state index contributed by atoms with van der Waals surface area (Å²) in [6.45, 7) is 10.7. The van der Waals surface area contributed by atoms with Gasteiger partial charge in [0.2, 0.25) is 11.9 Å². The molecule has 0 atom stereocenters. The first-order valence-corrected chi connectivity index (χ1v) is 15.3. The average molecular weight is 659 g/mol. The van der Waals surface area contributed by atoms with Crippen LogP contribution in [0.3, 0.4) is 0 Å². The average Bonchev–Trinajstić information content (AvgIpc) is 3.72. The lowest BCUT2D eigenvalue weighted by molar-refractivity contribution is 0.0531. The zero-order valence-corrected chi connectivity index (χ0v) is 27.8. The van der Waals surface area contributed by atoms with Gasteiger partial charge < -0.3 is 32.0 Å². The van der Waals surface area contributed by atoms with E-state index < -0.39 is 23.4 Å². The van der Waals surface area contributed by atoms with Gasteiger partial charge in [0.15, 0.2) is 0 Å². The molecule has 5 aromatic rings. The third kappa shape index (κ3) is 8.98. The van der Waals surface area contributed by atoms with Crippen LogP contribution in [0.15, 0.2) is 78.4 Å². The van der Waals surface area contributed by atoms with E-state index >= 15 is 0 Å². The van der Waals surface area contributed by atoms with Crippen LogP contribution in [0.1, 0.15) is 51.2 Å². The predicted molar refractivity (Wildman–Crippen MR) is 184 cm³/mol. The maximum Gasteiger partial charge on any atom is 0.421 e. The molecule has 0 saturated carbocycles. The molecule has 0 fully saturated rings. The fourth-order valence-corrected chi connectivity index (χ4v) is 4.81. The number of carbonyl (C=O) groups excluding carboxylic acids is 3. The molecule has 0 radical (unpaired) electrons. The molecular weight excluding hydrogens is 620 g/mol. The van der Waals surface area contributed by atoms with Crippen molar-refractivity contribution in [1.82, 2.24) is 19.1 Å². The van der Waals surface area contributed by atoms with E-state index in [-0.39, 0.29) is 17.8 Å². The van der Waals surface area contributed by atoms with E-state index in [2.05, 4.69) is 15.3 Å². The Hall–Kier alpha value is -5.63. The van der Waals surface area contributed by atoms with E-state index in [0.29, 0.717) is 33.2 Å². The summed E-state index contributed by atoms with van der Waals surface area (Å²) in [5.74, 6) is -0.0775. The number of benzene rings is 2. The van der Waals surface area contributed by atoms with Crippen molar-refractivity contribution in [2.24, 2.45) is 0 Å². The Kier molecular flexibility index (Phi) is 10.0. The van der Waals surface area contributed by atoms with Gasteiger partial charge in [-0.1, -0.05) is 30.3 Å². The van der Waals surface area contributed by atoms with Gasteiger partial charge in [-0.3, -0.25) is 4.79 Å². The van der Waals surface area contributed by atoms with Gasteiger partial charge in [-0.15, -0.1) is 11.3 Å². The molecule has 13 nitrogen and oxygen atoms in total. The number of thiophene rings is 1. The predicted octanol–water partition coefficient (Wildman–Crippen LogP) is 6.73. The number of carbonyl (C=O) groups is 3. The molecule has 3 heterocycles. The summed E-state index contributed by atoms with van der Waals surface area (Å²) in [5, 5.41) is 4.68. The fourth-order valence-electron chi connectivity index (χ4n) is 4.19. The van der Waals surface area contributed by atoms with Crippen LogP contribution >= 0.6 is 11.3 Å². The smallest absolute Gasteiger partial charge is 0.421 e. The van der Waals surface area contributed by atoms with Crippen LogP contribution in [0.25, 0.3) is 22.5 Å². The van der Waals surface area contributed by atoms with E-state index in [1.54, 1.807) is 90.1 Å². The lowest BCUT2D eigenvalue weighted by Gasteiger charge is -2.20. The van der Waals surface area contributed by atoms with E-state index in [0.717, 1.165) is 5.56 Å². The number of hydrogen-bond acceptors (Lipinski definition) is 11. The molecule has 0 unspecified atom stereocenters. The first kappa shape index (κ1) is 34.2. The summed E-state index contributed by atoms with van der Waals surface area (Å²) in [4.78, 5) is 45.6. The highest BCUT2D eigenvalue weighted by molar-refractivity contribution is 7.12. The van der Waals surface area contributed by atoms with Crippen LogP contribution in [0, 0.1) is 0 Å². The third-order valence-electron chi connectivity index (χ3n) is 6.07. The second-order valence-corrected chi connectivity index (χ2v) is 13.2. The first-order chi connectivity index (χ1) is 22.0. The van der Waals surface area contributed by atoms with Gasteiger partial charge in [-0.2, -0.15) is 0 Å². The summed E-state index contributed by atoms with van der Waals surface area (Å²) in [6.07, 6.45) is 1.85. The van der Waals surface area contributed by atoms with E-state index in [9.17, 15) is 14.4 Å². The molecule has 0 aliphatic heterocycles. The number of anilines is 4. The molecule has 1 amide bonds. The Morgan fingerprint density at radius 1 is 0.723 bits per heavy atom. The van der Waals surface area contributed by atoms with Crippen molar-refractivity contribution in [3.8, 4) is 22.5 Å². The molecule has 7 N–H and O–H groups in total. The molecule has 5 rings (SSSR count). The number of aromatic nitrogens is 4. The molecule has 0 bridgehead atoms. The second-order valence-electron chi connectivity index (χ2n) is 12.3. The molecule has 0 aliphatic rings. The van der Waals surface area contributed by atoms with E-state index in [1.807, 2.05) is 17.5 Å². The molecule has 246 valence electrons. The monoisotopic (exact) mass is 658 g/mol. The van der Waals surface area contributed by atoms with Crippen molar-refractivity contribution in [3.05, 3.63) is 83.3 Å². The number of nitrogens with one attached hydrogen (secondary N) is 1. The number of nitrogen functional groups attached to an aromatic ring is 3. The largest absolute Gasteiger partial charge is 0.443 e. The topological polar surface area (TPSA) is 195 Å². The zero-order chi connectivity index (χ0) is 34.5. The van der Waals surface area contributed by atoms with Crippen LogP contribution in [-0.4, -0.2) is 48.4 Å². The number of nitrogens with zero attached hydrogens (tertiary/aromatic N) is 4. The molecule has 14 heteroatoms. The fraction of sp³-hybridized carbons (Fsp3) is 0.242. The molecule has 0 saturated heterocycles. The number of nitrogens with two attached hydrogens (primary N) is 3. The maximum absolute atomic E-state index is 12.5. The maximum atomic E-state index is 12.5. The summed E-state index contributed by atoms with van der Waals surface area (Å²) in [7, 11) is 0. The zero-order valence-electron chi connectivity index (χ0n) is 27.0. The normalized spacial score (nSPS) is 11.3. The van der Waals surface area contributed by atoms with Gasteiger partial charge >= 0.3 is 12.2 Å². The molecule has 47 heavy (non-hydrogen) atoms. The molecule has 0 spiro atoms. The first-order valence-electron chi connectivity index (χ1n) is 14.5. The Labute approximate surface area is 276 Å². The lowest BCUT2D eigenvalue weighted by Crippen LogP contribution is -2.28. The van der Waals surface area contributed by atoms with Gasteiger partial charge in [0, 0.05) is 22.5 Å². The van der Waals surface area contributed by atoms with Crippen molar-refractivity contribution in [3.63, 3.8) is 0 Å². The number of ether oxygens (including phenoxy) is 2. The standard InChI is InChI=1S/C19H20N4O3S.C14H18N4O2/c1-19(2,3)26-18(25)23-14(11-21-17(23)20)12-6-4-7-13(10-12)22-16(24)15-8-5-9-27-15;1-14(2,3)20-13(19)18-11(8-17-12(18)16)9-5-4-6-10(15)7-9/h4-11H,1-3H3,(H2,20,21)(H,22,24);4-8H,15H2,1-3H3,(H2,16,17). The highest BCUT2D eigenvalue weighted by Gasteiger charge is 2.24. The third-order valence-corrected chi connectivity index (χ3v) is 6.94. The molecular formula is C33H38N8O5S. The van der Waals surface area contributed by atoms with E-state index in [4.69, 9.17) is 26.7 Å². The van der Waals surface area contributed by atoms with Crippen molar-refractivity contribution < 1.29 is 23.9 Å². The minimum absolute atomic E-state index is 0.0345. The minimum Gasteiger partial charge on any atom is -0.443 e. The van der Waals surface area contributed by atoms with Crippen molar-refractivity contribution in [2.45, 2.75) is 52.7 Å². The Morgan fingerprint density at radius 2 is 1.23 bits per heavy atom. The second kappa shape index (κ2) is 13.8. The van der Waals surface area contributed by atoms with Crippen LogP contribution in [0.4, 0.5) is 32.9 Å². The van der Waals surface area contributed by atoms with E-state index in [1.165, 1.54) is 32.9 Å². The Bertz CT molecular complexity index is 1880. The highest BCUT2D eigenvalue weighted by atomic mass is 32.1. The van der Waals surface area contributed by atoms with Crippen LogP contribution < -0.4 is 22.5 Å². The number of imidazole rings is 2. The van der Waals surface area contributed by atoms with Gasteiger partial charge in [0.05, 0.1) is 28.7 Å². The number of amides is 1. The summed E-state index contributed by atoms with van der Waals surface area (Å²) in [5.41, 5.74) is 19.7. The van der Waals surface area contributed by atoms with Gasteiger partial charge in [0.25, 0.3) is 5.91 Å². The number of hydrogen-bond donors (Lipinski definition) is 4. The van der Waals surface area contributed by atoms with Gasteiger partial charge in [0.1, 0.15) is 11.2 Å². The lowest BCUT2D eigenvalue weighted by atomic mass is 10.1. The van der Waals surface area contributed by atoms with Crippen LogP contribution in [-0.2, 0) is 9.47 Å². The summed E-state index contributed by atoms with van der Waals surface area (Å²) >= 11 is 1.36. The SMILES string of the molecule is CC(C)(C)OC(=O)n1c(-c2cccc(N)c2)cnc1N.CC(C)(C)OC(=O)n1c(-c2cccc(NC(=O)c3cccs3)c2)cnc1N. The summed E-state index contributed by atoms with van der Waals surface area (Å²) < 4.78 is 13.2. The molecule has 0 aliphatic carbocycles. The van der Waals surface area contributed by atoms with Gasteiger partial charge in [-0.25, -0.2) is 28.7 Å². The Balaban J connectivity index is 0.000000223. The van der Waals surface area contributed by atoms with Crippen molar-refractivity contribution in [1.29, 1.82) is 0 Å². The van der Waals surface area contributed by atoms with Gasteiger partial charge in [-0.05, 0) is 77.3 Å². The minimum atomic E-state index is -0.665. The highest BCUT2D eigenvalue weighted by Crippen LogP contribution is 2.27. The van der Waals surface area contributed by atoms with Crippen LogP contribution in [0.2, 0.25) is 0 Å². The van der Waals surface area contributed by atoms with Crippen LogP contribution in [0.5, 0.6) is 0 Å². The van der Waals surface area contributed by atoms with Crippen molar-refractivity contribution in [2.75, 3.05) is 22.5 Å². The quantitative estimate of drug-likeness (QED) is 0.150. The number of rotatable bonds is 4. The summed E-state index contributed by atoms with van der Waals surface area (Å²) in [6, 6.07) is 17.8. The Morgan fingerprint density at radius 3 is 1.70 bits per heavy atom. The molecule has 2 aromatic carbocycles.